The van der Waals surface area contributed by atoms with Crippen LogP contribution in [0, 0.1) is 13.8 Å². The molecule has 0 radical (unpaired) electrons. The quantitative estimate of drug-likeness (QED) is 0.845. The van der Waals surface area contributed by atoms with Crippen LogP contribution in [0.2, 0.25) is 0 Å². The Kier molecular flexibility index (Phi) is 3.10. The molecule has 0 aromatic carbocycles. The van der Waals surface area contributed by atoms with Gasteiger partial charge in [-0.3, -0.25) is 0 Å². The first-order chi connectivity index (χ1) is 8.08. The molecule has 5 nitrogen and oxygen atoms in total. The van der Waals surface area contributed by atoms with Gasteiger partial charge in [0.15, 0.2) is 5.82 Å². The van der Waals surface area contributed by atoms with E-state index in [0.717, 1.165) is 17.0 Å². The summed E-state index contributed by atoms with van der Waals surface area (Å²) in [4.78, 5) is 17.1. The summed E-state index contributed by atoms with van der Waals surface area (Å²) >= 11 is 0. The molecule has 2 N–H and O–H groups in total. The number of rotatable bonds is 2. The third-order valence-corrected chi connectivity index (χ3v) is 2.51. The molecule has 0 fully saturated rings. The highest BCUT2D eigenvalue weighted by Crippen LogP contribution is 2.16. The number of hydrogen-bond donors (Lipinski definition) is 1. The van der Waals surface area contributed by atoms with E-state index in [1.807, 2.05) is 20.8 Å². The van der Waals surface area contributed by atoms with Crippen molar-refractivity contribution in [3.8, 4) is 11.5 Å². The molecule has 0 amide bonds. The van der Waals surface area contributed by atoms with Crippen LogP contribution in [-0.2, 0) is 0 Å². The molecule has 0 aliphatic heterocycles. The fourth-order valence-corrected chi connectivity index (χ4v) is 1.63. The summed E-state index contributed by atoms with van der Waals surface area (Å²) in [6, 6.07) is 1.74. The van der Waals surface area contributed by atoms with E-state index in [1.54, 1.807) is 18.5 Å². The van der Waals surface area contributed by atoms with E-state index in [4.69, 9.17) is 5.73 Å². The lowest BCUT2D eigenvalue weighted by molar-refractivity contribution is 0.789. The van der Waals surface area contributed by atoms with E-state index in [0.29, 0.717) is 11.6 Å². The molecule has 17 heavy (non-hydrogen) atoms. The van der Waals surface area contributed by atoms with Crippen molar-refractivity contribution < 1.29 is 0 Å². The minimum absolute atomic E-state index is 0.0591. The molecule has 88 valence electrons. The van der Waals surface area contributed by atoms with E-state index in [-0.39, 0.29) is 6.04 Å². The second kappa shape index (κ2) is 4.55. The Labute approximate surface area is 100 Å². The average Bonchev–Trinajstić information content (AvgIpc) is 2.28. The van der Waals surface area contributed by atoms with Gasteiger partial charge in [0.25, 0.3) is 0 Å². The lowest BCUT2D eigenvalue weighted by Crippen LogP contribution is -2.09. The number of aromatic nitrogens is 4. The topological polar surface area (TPSA) is 77.6 Å². The van der Waals surface area contributed by atoms with Crippen LogP contribution in [0.1, 0.15) is 30.0 Å². The molecule has 2 aromatic heterocycles. The summed E-state index contributed by atoms with van der Waals surface area (Å²) in [6.45, 7) is 5.69. The SMILES string of the molecule is Cc1nccc(-c2ncc([C@H](C)N)c(C)n2)n1. The molecule has 0 aliphatic carbocycles. The minimum Gasteiger partial charge on any atom is -0.324 e. The maximum atomic E-state index is 5.82. The lowest BCUT2D eigenvalue weighted by Gasteiger charge is -2.09. The number of hydrogen-bond acceptors (Lipinski definition) is 5. The summed E-state index contributed by atoms with van der Waals surface area (Å²) in [7, 11) is 0. The first kappa shape index (κ1) is 11.6. The smallest absolute Gasteiger partial charge is 0.178 e. The molecule has 1 atom stereocenters. The Balaban J connectivity index is 2.44. The van der Waals surface area contributed by atoms with Crippen LogP contribution < -0.4 is 5.73 Å². The molecule has 5 heteroatoms. The predicted molar refractivity (Wildman–Crippen MR) is 65.1 cm³/mol. The van der Waals surface area contributed by atoms with Gasteiger partial charge in [0.05, 0.1) is 0 Å². The zero-order chi connectivity index (χ0) is 12.4. The maximum Gasteiger partial charge on any atom is 0.178 e. The van der Waals surface area contributed by atoms with Crippen LogP contribution in [0.15, 0.2) is 18.5 Å². The monoisotopic (exact) mass is 229 g/mol. The molecule has 2 rings (SSSR count). The van der Waals surface area contributed by atoms with Gasteiger partial charge in [-0.2, -0.15) is 0 Å². The van der Waals surface area contributed by atoms with Crippen LogP contribution in [0.3, 0.4) is 0 Å². The van der Waals surface area contributed by atoms with Crippen molar-refractivity contribution in [3.05, 3.63) is 35.5 Å². The van der Waals surface area contributed by atoms with E-state index >= 15 is 0 Å². The van der Waals surface area contributed by atoms with E-state index in [9.17, 15) is 0 Å². The standard InChI is InChI=1S/C12H15N5/c1-7(13)10-6-15-12(16-8(10)2)11-4-5-14-9(3)17-11/h4-7H,13H2,1-3H3/t7-/m0/s1. The maximum absolute atomic E-state index is 5.82. The van der Waals surface area contributed by atoms with Crippen molar-refractivity contribution in [2.24, 2.45) is 5.73 Å². The third kappa shape index (κ3) is 2.45. The first-order valence-electron chi connectivity index (χ1n) is 5.47. The van der Waals surface area contributed by atoms with Crippen molar-refractivity contribution in [1.29, 1.82) is 0 Å². The van der Waals surface area contributed by atoms with E-state index in [1.165, 1.54) is 0 Å². The van der Waals surface area contributed by atoms with Crippen molar-refractivity contribution >= 4 is 0 Å². The van der Waals surface area contributed by atoms with Crippen LogP contribution in [-0.4, -0.2) is 19.9 Å². The predicted octanol–water partition coefficient (Wildman–Crippen LogP) is 1.57. The molecule has 0 spiro atoms. The zero-order valence-corrected chi connectivity index (χ0v) is 10.2. The van der Waals surface area contributed by atoms with E-state index in [2.05, 4.69) is 19.9 Å². The highest BCUT2D eigenvalue weighted by molar-refractivity contribution is 5.48. The van der Waals surface area contributed by atoms with Crippen molar-refractivity contribution in [3.63, 3.8) is 0 Å². The summed E-state index contributed by atoms with van der Waals surface area (Å²) in [5.74, 6) is 1.32. The summed E-state index contributed by atoms with van der Waals surface area (Å²) in [5.41, 5.74) is 8.40. The zero-order valence-electron chi connectivity index (χ0n) is 10.2. The highest BCUT2D eigenvalue weighted by Gasteiger charge is 2.09. The van der Waals surface area contributed by atoms with Crippen molar-refractivity contribution in [1.82, 2.24) is 19.9 Å². The van der Waals surface area contributed by atoms with Gasteiger partial charge >= 0.3 is 0 Å². The Hall–Kier alpha value is -1.88. The second-order valence-corrected chi connectivity index (χ2v) is 4.01. The second-order valence-electron chi connectivity index (χ2n) is 4.01. The van der Waals surface area contributed by atoms with Gasteiger partial charge in [-0.1, -0.05) is 0 Å². The Morgan fingerprint density at radius 3 is 2.53 bits per heavy atom. The van der Waals surface area contributed by atoms with Gasteiger partial charge in [0.1, 0.15) is 11.5 Å². The fourth-order valence-electron chi connectivity index (χ4n) is 1.63. The molecule has 2 aromatic rings. The van der Waals surface area contributed by atoms with Gasteiger partial charge in [-0.25, -0.2) is 19.9 Å². The molecule has 0 saturated heterocycles. The summed E-state index contributed by atoms with van der Waals surface area (Å²) in [5, 5.41) is 0. The molecular formula is C12H15N5. The molecule has 0 saturated carbocycles. The van der Waals surface area contributed by atoms with Gasteiger partial charge in [-0.05, 0) is 26.8 Å². The third-order valence-electron chi connectivity index (χ3n) is 2.51. The fraction of sp³-hybridized carbons (Fsp3) is 0.333. The number of aryl methyl sites for hydroxylation is 2. The minimum atomic E-state index is -0.0591. The van der Waals surface area contributed by atoms with Crippen LogP contribution in [0.25, 0.3) is 11.5 Å². The molecule has 2 heterocycles. The Morgan fingerprint density at radius 2 is 1.94 bits per heavy atom. The van der Waals surface area contributed by atoms with Gasteiger partial charge in [0, 0.05) is 29.7 Å². The Morgan fingerprint density at radius 1 is 1.18 bits per heavy atom. The van der Waals surface area contributed by atoms with Crippen LogP contribution in [0.5, 0.6) is 0 Å². The average molecular weight is 229 g/mol. The molecule has 0 bridgehead atoms. The number of nitrogens with two attached hydrogens (primary N) is 1. The van der Waals surface area contributed by atoms with E-state index < -0.39 is 0 Å². The first-order valence-corrected chi connectivity index (χ1v) is 5.47. The van der Waals surface area contributed by atoms with Gasteiger partial charge < -0.3 is 5.73 Å². The molecule has 0 unspecified atom stereocenters. The molecule has 0 aliphatic rings. The van der Waals surface area contributed by atoms with Gasteiger partial charge in [0.2, 0.25) is 0 Å². The molecular weight excluding hydrogens is 214 g/mol. The Bertz CT molecular complexity index is 536. The number of nitrogens with zero attached hydrogens (tertiary/aromatic N) is 4. The summed E-state index contributed by atoms with van der Waals surface area (Å²) in [6.07, 6.45) is 3.47. The normalized spacial score (nSPS) is 12.5. The summed E-state index contributed by atoms with van der Waals surface area (Å²) < 4.78 is 0. The largest absolute Gasteiger partial charge is 0.324 e. The van der Waals surface area contributed by atoms with Crippen molar-refractivity contribution in [2.45, 2.75) is 26.8 Å². The highest BCUT2D eigenvalue weighted by atomic mass is 14.9. The lowest BCUT2D eigenvalue weighted by atomic mass is 10.1. The van der Waals surface area contributed by atoms with Crippen molar-refractivity contribution in [2.75, 3.05) is 0 Å². The van der Waals surface area contributed by atoms with Gasteiger partial charge in [-0.15, -0.1) is 0 Å². The van der Waals surface area contributed by atoms with Crippen LogP contribution >= 0.6 is 0 Å². The van der Waals surface area contributed by atoms with Crippen LogP contribution in [0.4, 0.5) is 0 Å².